The molecule has 2 aromatic rings. The Kier molecular flexibility index (Phi) is 6.04. The molecule has 5 heteroatoms. The molecule has 126 valence electrons. The molecule has 0 aromatic heterocycles. The smallest absolute Gasteiger partial charge is 0.329 e. The van der Waals surface area contributed by atoms with Gasteiger partial charge in [0, 0.05) is 16.2 Å². The van der Waals surface area contributed by atoms with Gasteiger partial charge in [-0.05, 0) is 43.2 Å². The van der Waals surface area contributed by atoms with E-state index in [1.165, 1.54) is 11.8 Å². The van der Waals surface area contributed by atoms with Gasteiger partial charge in [-0.1, -0.05) is 37.3 Å². The highest BCUT2D eigenvalue weighted by molar-refractivity contribution is 7.98. The summed E-state index contributed by atoms with van der Waals surface area (Å²) in [5.41, 5.74) is 0.320. The Morgan fingerprint density at radius 1 is 1.08 bits per heavy atom. The highest BCUT2D eigenvalue weighted by Gasteiger charge is 2.32. The average Bonchev–Trinajstić information content (AvgIpc) is 2.61. The first-order valence-electron chi connectivity index (χ1n) is 7.77. The van der Waals surface area contributed by atoms with Gasteiger partial charge in [-0.25, -0.2) is 4.79 Å². The number of hydrogen-bond donors (Lipinski definition) is 2. The van der Waals surface area contributed by atoms with Crippen molar-refractivity contribution in [3.05, 3.63) is 65.7 Å². The molecular formula is C19H21NO3S. The van der Waals surface area contributed by atoms with Gasteiger partial charge in [-0.3, -0.25) is 4.79 Å². The Bertz CT molecular complexity index is 700. The molecule has 2 aromatic carbocycles. The number of hydrogen-bond acceptors (Lipinski definition) is 3. The average molecular weight is 343 g/mol. The number of amides is 1. The van der Waals surface area contributed by atoms with Crippen LogP contribution in [0, 0.1) is 0 Å². The highest BCUT2D eigenvalue weighted by Crippen LogP contribution is 2.22. The topological polar surface area (TPSA) is 66.4 Å². The molecule has 1 unspecified atom stereocenters. The predicted octanol–water partition coefficient (Wildman–Crippen LogP) is 3.96. The first kappa shape index (κ1) is 18.1. The molecule has 0 heterocycles. The van der Waals surface area contributed by atoms with Gasteiger partial charge in [0.05, 0.1) is 0 Å². The van der Waals surface area contributed by atoms with Crippen molar-refractivity contribution in [2.75, 3.05) is 0 Å². The molecule has 1 atom stereocenters. The number of aliphatic carboxylic acids is 1. The van der Waals surface area contributed by atoms with E-state index in [-0.39, 0.29) is 5.91 Å². The van der Waals surface area contributed by atoms with E-state index in [0.717, 1.165) is 11.3 Å². The number of rotatable bonds is 7. The van der Waals surface area contributed by atoms with Crippen molar-refractivity contribution < 1.29 is 14.7 Å². The van der Waals surface area contributed by atoms with E-state index < -0.39 is 11.5 Å². The van der Waals surface area contributed by atoms with Crippen LogP contribution >= 0.6 is 11.8 Å². The fourth-order valence-corrected chi connectivity index (χ4v) is 2.93. The maximum atomic E-state index is 12.2. The van der Waals surface area contributed by atoms with Gasteiger partial charge in [0.15, 0.2) is 0 Å². The molecular weight excluding hydrogens is 322 g/mol. The number of nitrogens with one attached hydrogen (secondary N) is 1. The number of benzene rings is 2. The third-order valence-electron chi connectivity index (χ3n) is 3.93. The number of carboxylic acids is 1. The Labute approximate surface area is 146 Å². The van der Waals surface area contributed by atoms with Gasteiger partial charge in [0.2, 0.25) is 0 Å². The second-order valence-electron chi connectivity index (χ2n) is 5.74. The molecule has 0 radical (unpaired) electrons. The fraction of sp³-hybridized carbons (Fsp3) is 0.263. The summed E-state index contributed by atoms with van der Waals surface area (Å²) in [7, 11) is 0. The zero-order chi connectivity index (χ0) is 17.6. The molecule has 2 N–H and O–H groups in total. The molecule has 0 fully saturated rings. The number of carbonyl (C=O) groups is 2. The highest BCUT2D eigenvalue weighted by atomic mass is 32.2. The summed E-state index contributed by atoms with van der Waals surface area (Å²) in [6.45, 7) is 3.25. The van der Waals surface area contributed by atoms with Gasteiger partial charge in [-0.15, -0.1) is 11.8 Å². The summed E-state index contributed by atoms with van der Waals surface area (Å²) < 4.78 is 0. The minimum absolute atomic E-state index is 0.319. The van der Waals surface area contributed by atoms with Crippen molar-refractivity contribution in [2.24, 2.45) is 0 Å². The van der Waals surface area contributed by atoms with Crippen LogP contribution in [0.2, 0.25) is 0 Å². The fourth-order valence-electron chi connectivity index (χ4n) is 2.05. The van der Waals surface area contributed by atoms with Crippen LogP contribution < -0.4 is 5.32 Å². The molecule has 2 rings (SSSR count). The SMILES string of the molecule is CCC(C)(NC(=O)c1ccc(CSc2ccccc2)cc1)C(=O)O. The maximum Gasteiger partial charge on any atom is 0.329 e. The second kappa shape index (κ2) is 8.02. The van der Waals surface area contributed by atoms with Crippen molar-refractivity contribution in [2.45, 2.75) is 36.5 Å². The number of thioether (sulfide) groups is 1. The Morgan fingerprint density at radius 2 is 1.71 bits per heavy atom. The zero-order valence-corrected chi connectivity index (χ0v) is 14.6. The molecule has 0 saturated carbocycles. The largest absolute Gasteiger partial charge is 0.480 e. The second-order valence-corrected chi connectivity index (χ2v) is 6.79. The lowest BCUT2D eigenvalue weighted by molar-refractivity contribution is -0.143. The van der Waals surface area contributed by atoms with E-state index in [9.17, 15) is 14.7 Å². The van der Waals surface area contributed by atoms with Crippen LogP contribution in [0.1, 0.15) is 36.2 Å². The van der Waals surface area contributed by atoms with Crippen LogP contribution in [-0.2, 0) is 10.5 Å². The minimum Gasteiger partial charge on any atom is -0.480 e. The van der Waals surface area contributed by atoms with Crippen molar-refractivity contribution in [1.29, 1.82) is 0 Å². The third-order valence-corrected chi connectivity index (χ3v) is 5.02. The summed E-state index contributed by atoms with van der Waals surface area (Å²) in [4.78, 5) is 24.7. The van der Waals surface area contributed by atoms with Crippen molar-refractivity contribution in [3.8, 4) is 0 Å². The van der Waals surface area contributed by atoms with Crippen LogP contribution in [0.4, 0.5) is 0 Å². The minimum atomic E-state index is -1.25. The number of carbonyl (C=O) groups excluding carboxylic acids is 1. The molecule has 0 aliphatic heterocycles. The maximum absolute atomic E-state index is 12.2. The van der Waals surface area contributed by atoms with Crippen molar-refractivity contribution in [1.82, 2.24) is 5.32 Å². The molecule has 0 saturated heterocycles. The Hall–Kier alpha value is -2.27. The van der Waals surface area contributed by atoms with E-state index in [0.29, 0.717) is 12.0 Å². The van der Waals surface area contributed by atoms with Crippen LogP contribution in [0.5, 0.6) is 0 Å². The lowest BCUT2D eigenvalue weighted by Gasteiger charge is -2.24. The third kappa shape index (κ3) is 4.61. The molecule has 0 aliphatic carbocycles. The molecule has 24 heavy (non-hydrogen) atoms. The van der Waals surface area contributed by atoms with E-state index in [4.69, 9.17) is 0 Å². The summed E-state index contributed by atoms with van der Waals surface area (Å²) in [5, 5.41) is 11.8. The first-order valence-corrected chi connectivity index (χ1v) is 8.76. The predicted molar refractivity (Wildman–Crippen MR) is 96.2 cm³/mol. The molecule has 0 spiro atoms. The Balaban J connectivity index is 1.98. The van der Waals surface area contributed by atoms with Gasteiger partial charge in [0.25, 0.3) is 5.91 Å². The van der Waals surface area contributed by atoms with Crippen LogP contribution in [0.3, 0.4) is 0 Å². The number of carboxylic acid groups (broad SMARTS) is 1. The molecule has 4 nitrogen and oxygen atoms in total. The van der Waals surface area contributed by atoms with Crippen molar-refractivity contribution in [3.63, 3.8) is 0 Å². The van der Waals surface area contributed by atoms with Crippen LogP contribution in [0.15, 0.2) is 59.5 Å². The van der Waals surface area contributed by atoms with Crippen molar-refractivity contribution >= 4 is 23.6 Å². The Morgan fingerprint density at radius 3 is 2.25 bits per heavy atom. The molecule has 1 amide bonds. The standard InChI is InChI=1S/C19H21NO3S/c1-3-19(2,18(22)23)20-17(21)15-11-9-14(10-12-15)13-24-16-7-5-4-6-8-16/h4-12H,3,13H2,1-2H3,(H,20,21)(H,22,23). The van der Waals surface area contributed by atoms with E-state index in [1.807, 2.05) is 30.3 Å². The summed E-state index contributed by atoms with van der Waals surface area (Å²) in [6, 6.07) is 17.4. The summed E-state index contributed by atoms with van der Waals surface area (Å²) >= 11 is 1.73. The monoisotopic (exact) mass is 343 g/mol. The molecule has 0 bridgehead atoms. The summed E-state index contributed by atoms with van der Waals surface area (Å²) in [6.07, 6.45) is 0.319. The van der Waals surface area contributed by atoms with Gasteiger partial charge in [0.1, 0.15) is 5.54 Å². The lowest BCUT2D eigenvalue weighted by Crippen LogP contribution is -2.51. The van der Waals surface area contributed by atoms with Gasteiger partial charge in [-0.2, -0.15) is 0 Å². The van der Waals surface area contributed by atoms with E-state index >= 15 is 0 Å². The van der Waals surface area contributed by atoms with Crippen LogP contribution in [-0.4, -0.2) is 22.5 Å². The lowest BCUT2D eigenvalue weighted by atomic mass is 9.98. The van der Waals surface area contributed by atoms with E-state index in [2.05, 4.69) is 17.4 Å². The first-order chi connectivity index (χ1) is 11.4. The van der Waals surface area contributed by atoms with Crippen LogP contribution in [0.25, 0.3) is 0 Å². The summed E-state index contributed by atoms with van der Waals surface area (Å²) in [5.74, 6) is -0.591. The van der Waals surface area contributed by atoms with Gasteiger partial charge < -0.3 is 10.4 Å². The molecule has 0 aliphatic rings. The zero-order valence-electron chi connectivity index (χ0n) is 13.8. The van der Waals surface area contributed by atoms with Gasteiger partial charge >= 0.3 is 5.97 Å². The quantitative estimate of drug-likeness (QED) is 0.747. The van der Waals surface area contributed by atoms with E-state index in [1.54, 1.807) is 30.8 Å². The normalized spacial score (nSPS) is 13.1.